The summed E-state index contributed by atoms with van der Waals surface area (Å²) in [5, 5.41) is 37.7. The van der Waals surface area contributed by atoms with Crippen molar-refractivity contribution < 1.29 is 25.2 Å². The van der Waals surface area contributed by atoms with E-state index in [0.717, 1.165) is 0 Å². The zero-order valence-electron chi connectivity index (χ0n) is 8.28. The maximum absolute atomic E-state index is 9.72. The highest BCUT2D eigenvalue weighted by atomic mass is 16.5. The van der Waals surface area contributed by atoms with Crippen LogP contribution in [0, 0.1) is 18.3 Å². The van der Waals surface area contributed by atoms with Crippen LogP contribution in [0.4, 0.5) is 0 Å². The van der Waals surface area contributed by atoms with Crippen LogP contribution in [0.1, 0.15) is 6.42 Å². The summed E-state index contributed by atoms with van der Waals surface area (Å²) in [6, 6.07) is 0. The van der Waals surface area contributed by atoms with E-state index in [1.54, 1.807) is 0 Å². The van der Waals surface area contributed by atoms with Gasteiger partial charge in [0.1, 0.15) is 18.8 Å². The van der Waals surface area contributed by atoms with Crippen molar-refractivity contribution in [2.45, 2.75) is 30.8 Å². The number of hydrogen-bond donors (Lipinski definition) is 4. The van der Waals surface area contributed by atoms with Crippen molar-refractivity contribution >= 4 is 0 Å². The maximum atomic E-state index is 9.72. The van der Waals surface area contributed by atoms with Gasteiger partial charge in [0.05, 0.1) is 12.2 Å². The van der Waals surface area contributed by atoms with Gasteiger partial charge in [-0.3, -0.25) is 0 Å². The fraction of sp³-hybridized carbons (Fsp3) is 0.800. The standard InChI is InChI=1S/C10H16O5/c1-2-3-15-10-8(13)6(5-11)4-7(12)9(10)14/h1,6-14H,3-5H2. The Kier molecular flexibility index (Phi) is 4.51. The topological polar surface area (TPSA) is 90.2 Å². The number of hydrogen-bond acceptors (Lipinski definition) is 5. The van der Waals surface area contributed by atoms with Crippen LogP contribution in [0.5, 0.6) is 0 Å². The van der Waals surface area contributed by atoms with Crippen molar-refractivity contribution in [3.05, 3.63) is 0 Å². The number of aliphatic hydroxyl groups is 4. The van der Waals surface area contributed by atoms with Gasteiger partial charge in [-0.05, 0) is 6.42 Å². The van der Waals surface area contributed by atoms with Crippen LogP contribution in [0.25, 0.3) is 0 Å². The Bertz CT molecular complexity index is 236. The first-order valence-corrected chi connectivity index (χ1v) is 4.82. The van der Waals surface area contributed by atoms with Gasteiger partial charge < -0.3 is 25.2 Å². The summed E-state index contributed by atoms with van der Waals surface area (Å²) >= 11 is 0. The van der Waals surface area contributed by atoms with Crippen LogP contribution < -0.4 is 0 Å². The lowest BCUT2D eigenvalue weighted by atomic mass is 9.81. The summed E-state index contributed by atoms with van der Waals surface area (Å²) in [6.07, 6.45) is 1.00. The monoisotopic (exact) mass is 216 g/mol. The van der Waals surface area contributed by atoms with Crippen molar-refractivity contribution in [3.63, 3.8) is 0 Å². The van der Waals surface area contributed by atoms with Crippen LogP contribution in [-0.4, -0.2) is 58.1 Å². The molecule has 0 aromatic carbocycles. The minimum Gasteiger partial charge on any atom is -0.396 e. The van der Waals surface area contributed by atoms with Crippen molar-refractivity contribution in [2.75, 3.05) is 13.2 Å². The van der Waals surface area contributed by atoms with Crippen LogP contribution in [0.3, 0.4) is 0 Å². The molecule has 0 aromatic heterocycles. The minimum absolute atomic E-state index is 0.0519. The molecule has 1 fully saturated rings. The highest BCUT2D eigenvalue weighted by molar-refractivity contribution is 4.95. The van der Waals surface area contributed by atoms with Gasteiger partial charge in [-0.2, -0.15) is 0 Å². The van der Waals surface area contributed by atoms with Crippen molar-refractivity contribution in [1.82, 2.24) is 0 Å². The summed E-state index contributed by atoms with van der Waals surface area (Å²) in [5.41, 5.74) is 0. The van der Waals surface area contributed by atoms with E-state index in [9.17, 15) is 15.3 Å². The fourth-order valence-electron chi connectivity index (χ4n) is 1.80. The molecule has 5 nitrogen and oxygen atoms in total. The fourth-order valence-corrected chi connectivity index (χ4v) is 1.80. The Labute approximate surface area is 88.3 Å². The average molecular weight is 216 g/mol. The Balaban J connectivity index is 2.67. The van der Waals surface area contributed by atoms with Crippen LogP contribution in [0.2, 0.25) is 0 Å². The molecule has 86 valence electrons. The third-order valence-corrected chi connectivity index (χ3v) is 2.69. The Hall–Kier alpha value is -0.640. The molecule has 15 heavy (non-hydrogen) atoms. The van der Waals surface area contributed by atoms with Gasteiger partial charge in [-0.25, -0.2) is 0 Å². The van der Waals surface area contributed by atoms with Crippen molar-refractivity contribution in [2.24, 2.45) is 5.92 Å². The molecule has 4 N–H and O–H groups in total. The molecule has 0 radical (unpaired) electrons. The summed E-state index contributed by atoms with van der Waals surface area (Å²) < 4.78 is 5.05. The second-order valence-corrected chi connectivity index (χ2v) is 3.71. The highest BCUT2D eigenvalue weighted by Crippen LogP contribution is 2.27. The minimum atomic E-state index is -1.17. The van der Waals surface area contributed by atoms with Gasteiger partial charge in [-0.15, -0.1) is 6.42 Å². The average Bonchev–Trinajstić information content (AvgIpc) is 2.23. The smallest absolute Gasteiger partial charge is 0.113 e. The molecule has 0 saturated heterocycles. The lowest BCUT2D eigenvalue weighted by molar-refractivity contribution is -0.179. The summed E-state index contributed by atoms with van der Waals surface area (Å²) in [5.74, 6) is 1.72. The normalized spacial score (nSPS) is 41.1. The zero-order valence-corrected chi connectivity index (χ0v) is 8.28. The predicted octanol–water partition coefficient (Wildman–Crippen LogP) is -1.90. The largest absolute Gasteiger partial charge is 0.396 e. The van der Waals surface area contributed by atoms with E-state index in [1.165, 1.54) is 0 Å². The number of rotatable bonds is 3. The number of aliphatic hydroxyl groups excluding tert-OH is 4. The SMILES string of the molecule is C#CCOC1C(O)C(O)CC(CO)C1O. The molecule has 5 heteroatoms. The molecule has 1 aliphatic rings. The Morgan fingerprint density at radius 2 is 1.93 bits per heavy atom. The second-order valence-electron chi connectivity index (χ2n) is 3.71. The van der Waals surface area contributed by atoms with Crippen molar-refractivity contribution in [1.29, 1.82) is 0 Å². The predicted molar refractivity (Wildman–Crippen MR) is 51.8 cm³/mol. The molecule has 0 aliphatic heterocycles. The highest BCUT2D eigenvalue weighted by Gasteiger charge is 2.43. The molecular formula is C10H16O5. The Morgan fingerprint density at radius 1 is 1.27 bits per heavy atom. The third-order valence-electron chi connectivity index (χ3n) is 2.69. The molecule has 5 atom stereocenters. The molecule has 0 bridgehead atoms. The molecule has 1 rings (SSSR count). The number of terminal acetylenes is 1. The van der Waals surface area contributed by atoms with Gasteiger partial charge in [0.25, 0.3) is 0 Å². The molecule has 0 amide bonds. The summed E-state index contributed by atoms with van der Waals surface area (Å²) in [4.78, 5) is 0. The first-order valence-electron chi connectivity index (χ1n) is 4.82. The van der Waals surface area contributed by atoms with E-state index in [0.29, 0.717) is 0 Å². The Morgan fingerprint density at radius 3 is 2.47 bits per heavy atom. The maximum Gasteiger partial charge on any atom is 0.113 e. The summed E-state index contributed by atoms with van der Waals surface area (Å²) in [6.45, 7) is -0.315. The molecule has 5 unspecified atom stereocenters. The molecule has 1 aliphatic carbocycles. The van der Waals surface area contributed by atoms with E-state index in [-0.39, 0.29) is 19.6 Å². The van der Waals surface area contributed by atoms with Gasteiger partial charge in [0.2, 0.25) is 0 Å². The molecule has 0 heterocycles. The zero-order chi connectivity index (χ0) is 11.4. The molecular weight excluding hydrogens is 200 g/mol. The van der Waals surface area contributed by atoms with Crippen molar-refractivity contribution in [3.8, 4) is 12.3 Å². The molecule has 1 saturated carbocycles. The van der Waals surface area contributed by atoms with Crippen LogP contribution in [0.15, 0.2) is 0 Å². The van der Waals surface area contributed by atoms with E-state index in [1.807, 2.05) is 0 Å². The van der Waals surface area contributed by atoms with E-state index < -0.39 is 30.3 Å². The summed E-state index contributed by atoms with van der Waals surface area (Å²) in [7, 11) is 0. The molecule has 0 aromatic rings. The quantitative estimate of drug-likeness (QED) is 0.414. The third kappa shape index (κ3) is 2.68. The first kappa shape index (κ1) is 12.4. The van der Waals surface area contributed by atoms with Gasteiger partial charge in [-0.1, -0.05) is 5.92 Å². The number of ether oxygens (including phenoxy) is 1. The van der Waals surface area contributed by atoms with Gasteiger partial charge in [0.15, 0.2) is 0 Å². The van der Waals surface area contributed by atoms with E-state index >= 15 is 0 Å². The van der Waals surface area contributed by atoms with Gasteiger partial charge in [0, 0.05) is 12.5 Å². The van der Waals surface area contributed by atoms with Crippen LogP contribution in [-0.2, 0) is 4.74 Å². The second kappa shape index (κ2) is 5.45. The van der Waals surface area contributed by atoms with Crippen LogP contribution >= 0.6 is 0 Å². The van der Waals surface area contributed by atoms with Gasteiger partial charge >= 0.3 is 0 Å². The van der Waals surface area contributed by atoms with E-state index in [4.69, 9.17) is 16.3 Å². The first-order chi connectivity index (χ1) is 7.11. The molecule has 0 spiro atoms. The lowest BCUT2D eigenvalue weighted by Crippen LogP contribution is -2.55. The lowest BCUT2D eigenvalue weighted by Gasteiger charge is -2.39. The van der Waals surface area contributed by atoms with E-state index in [2.05, 4.69) is 5.92 Å².